The van der Waals surface area contributed by atoms with E-state index in [-0.39, 0.29) is 6.61 Å². The fourth-order valence-corrected chi connectivity index (χ4v) is 1.72. The van der Waals surface area contributed by atoms with Crippen molar-refractivity contribution >= 4 is 17.9 Å². The Morgan fingerprint density at radius 3 is 2.57 bits per heavy atom. The van der Waals surface area contributed by atoms with E-state index in [0.717, 1.165) is 11.3 Å². The lowest BCUT2D eigenvalue weighted by Gasteiger charge is -2.13. The van der Waals surface area contributed by atoms with Crippen LogP contribution in [0.25, 0.3) is 0 Å². The lowest BCUT2D eigenvalue weighted by Crippen LogP contribution is -2.11. The molecule has 0 spiro atoms. The molecule has 0 aliphatic carbocycles. The van der Waals surface area contributed by atoms with Crippen molar-refractivity contribution in [2.24, 2.45) is 5.10 Å². The van der Waals surface area contributed by atoms with Crippen molar-refractivity contribution < 1.29 is 14.6 Å². The van der Waals surface area contributed by atoms with Crippen molar-refractivity contribution in [2.75, 3.05) is 18.7 Å². The number of carboxylic acid groups (broad SMARTS) is 1. The number of carbonyl (C=O) groups is 1. The van der Waals surface area contributed by atoms with E-state index in [1.54, 1.807) is 23.4 Å². The molecule has 0 atom stereocenters. The number of aliphatic carboxylic acids is 1. The monoisotopic (exact) mass is 284 g/mol. The largest absolute Gasteiger partial charge is 0.481 e. The lowest BCUT2D eigenvalue weighted by atomic mass is 10.2. The Balaban J connectivity index is 2.11. The summed E-state index contributed by atoms with van der Waals surface area (Å²) in [6, 6.07) is 16.9. The molecule has 5 nitrogen and oxygen atoms in total. The maximum Gasteiger partial charge on any atom is 0.341 e. The molecule has 5 heteroatoms. The van der Waals surface area contributed by atoms with Crippen LogP contribution in [0, 0.1) is 0 Å². The highest BCUT2D eigenvalue weighted by molar-refractivity contribution is 5.84. The van der Waals surface area contributed by atoms with Gasteiger partial charge >= 0.3 is 5.97 Å². The maximum atomic E-state index is 10.6. The summed E-state index contributed by atoms with van der Waals surface area (Å²) in [6.07, 6.45) is 1.64. The van der Waals surface area contributed by atoms with Crippen LogP contribution in [0.3, 0.4) is 0 Å². The van der Waals surface area contributed by atoms with Gasteiger partial charge in [-0.2, -0.15) is 5.10 Å². The third-order valence-electron chi connectivity index (χ3n) is 2.77. The minimum absolute atomic E-state index is 0.376. The average molecular weight is 284 g/mol. The molecule has 2 aromatic rings. The summed E-state index contributed by atoms with van der Waals surface area (Å²) in [4.78, 5) is 10.6. The second kappa shape index (κ2) is 7.09. The lowest BCUT2D eigenvalue weighted by molar-refractivity contribution is -0.139. The van der Waals surface area contributed by atoms with Crippen molar-refractivity contribution in [1.82, 2.24) is 0 Å². The van der Waals surface area contributed by atoms with E-state index in [0.29, 0.717) is 5.75 Å². The van der Waals surface area contributed by atoms with E-state index < -0.39 is 5.97 Å². The Labute approximate surface area is 123 Å². The third kappa shape index (κ3) is 4.35. The van der Waals surface area contributed by atoms with Crippen molar-refractivity contribution in [2.45, 2.75) is 0 Å². The standard InChI is InChI=1S/C16H16N2O3/c1-18(14-8-3-2-4-9-14)17-11-13-7-5-6-10-15(13)21-12-16(19)20/h2-11H,12H2,1H3,(H,19,20)/b17-11+. The van der Waals surface area contributed by atoms with Crippen molar-refractivity contribution in [1.29, 1.82) is 0 Å². The first-order chi connectivity index (χ1) is 10.2. The van der Waals surface area contributed by atoms with E-state index in [2.05, 4.69) is 5.10 Å². The van der Waals surface area contributed by atoms with Crippen LogP contribution in [-0.4, -0.2) is 30.9 Å². The normalized spacial score (nSPS) is 10.5. The summed E-state index contributed by atoms with van der Waals surface area (Å²) in [5.41, 5.74) is 1.68. The molecule has 2 rings (SSSR count). The van der Waals surface area contributed by atoms with Crippen LogP contribution < -0.4 is 9.75 Å². The van der Waals surface area contributed by atoms with E-state index >= 15 is 0 Å². The molecule has 0 unspecified atom stereocenters. The number of nitrogens with zero attached hydrogens (tertiary/aromatic N) is 2. The number of hydrogen-bond acceptors (Lipinski definition) is 4. The quantitative estimate of drug-likeness (QED) is 0.654. The molecule has 2 aromatic carbocycles. The van der Waals surface area contributed by atoms with Gasteiger partial charge in [-0.1, -0.05) is 30.3 Å². The maximum absolute atomic E-state index is 10.6. The number of para-hydroxylation sites is 2. The SMILES string of the molecule is CN(/N=C/c1ccccc1OCC(=O)O)c1ccccc1. The topological polar surface area (TPSA) is 62.1 Å². The third-order valence-corrected chi connectivity index (χ3v) is 2.77. The zero-order chi connectivity index (χ0) is 15.1. The smallest absolute Gasteiger partial charge is 0.341 e. The van der Waals surface area contributed by atoms with Crippen LogP contribution in [0.1, 0.15) is 5.56 Å². The van der Waals surface area contributed by atoms with Gasteiger partial charge in [0.05, 0.1) is 11.9 Å². The Hall–Kier alpha value is -2.82. The van der Waals surface area contributed by atoms with Gasteiger partial charge in [-0.25, -0.2) is 4.79 Å². The van der Waals surface area contributed by atoms with Crippen molar-refractivity contribution in [3.63, 3.8) is 0 Å². The summed E-state index contributed by atoms with van der Waals surface area (Å²) in [5.74, 6) is -0.520. The molecule has 0 aromatic heterocycles. The van der Waals surface area contributed by atoms with E-state index in [4.69, 9.17) is 9.84 Å². The number of benzene rings is 2. The second-order valence-corrected chi connectivity index (χ2v) is 4.32. The van der Waals surface area contributed by atoms with Crippen LogP contribution >= 0.6 is 0 Å². The highest BCUT2D eigenvalue weighted by Crippen LogP contribution is 2.17. The molecule has 0 saturated carbocycles. The number of rotatable bonds is 6. The van der Waals surface area contributed by atoms with Gasteiger partial charge in [0.2, 0.25) is 0 Å². The summed E-state index contributed by atoms with van der Waals surface area (Å²) in [5, 5.41) is 14.7. The van der Waals surface area contributed by atoms with Gasteiger partial charge in [0.1, 0.15) is 5.75 Å². The van der Waals surface area contributed by atoms with Gasteiger partial charge in [-0.05, 0) is 24.3 Å². The second-order valence-electron chi connectivity index (χ2n) is 4.32. The first kappa shape index (κ1) is 14.6. The molecular formula is C16H16N2O3. The molecule has 0 aliphatic rings. The zero-order valence-corrected chi connectivity index (χ0v) is 11.6. The van der Waals surface area contributed by atoms with Gasteiger partial charge in [0, 0.05) is 12.6 Å². The van der Waals surface area contributed by atoms with Gasteiger partial charge in [0.15, 0.2) is 6.61 Å². The Morgan fingerprint density at radius 2 is 1.86 bits per heavy atom. The minimum Gasteiger partial charge on any atom is -0.481 e. The molecule has 0 aliphatic heterocycles. The molecule has 0 saturated heterocycles. The molecule has 0 bridgehead atoms. The fourth-order valence-electron chi connectivity index (χ4n) is 1.72. The van der Waals surface area contributed by atoms with E-state index in [1.807, 2.05) is 49.5 Å². The molecule has 108 valence electrons. The molecule has 0 radical (unpaired) electrons. The van der Waals surface area contributed by atoms with Gasteiger partial charge in [-0.15, -0.1) is 0 Å². The van der Waals surface area contributed by atoms with Gasteiger partial charge < -0.3 is 9.84 Å². The Bertz CT molecular complexity index is 626. The zero-order valence-electron chi connectivity index (χ0n) is 11.6. The summed E-state index contributed by atoms with van der Waals surface area (Å²) < 4.78 is 5.23. The molecule has 0 heterocycles. The average Bonchev–Trinajstić information content (AvgIpc) is 2.52. The minimum atomic E-state index is -1.01. The van der Waals surface area contributed by atoms with Crippen molar-refractivity contribution in [3.8, 4) is 5.75 Å². The molecule has 21 heavy (non-hydrogen) atoms. The summed E-state index contributed by atoms with van der Waals surface area (Å²) >= 11 is 0. The first-order valence-electron chi connectivity index (χ1n) is 6.43. The predicted molar refractivity (Wildman–Crippen MR) is 82.0 cm³/mol. The number of anilines is 1. The highest BCUT2D eigenvalue weighted by atomic mass is 16.5. The summed E-state index contributed by atoms with van der Waals surface area (Å²) in [6.45, 7) is -0.376. The van der Waals surface area contributed by atoms with E-state index in [9.17, 15) is 4.79 Å². The van der Waals surface area contributed by atoms with E-state index in [1.165, 1.54) is 0 Å². The number of ether oxygens (including phenoxy) is 1. The van der Waals surface area contributed by atoms with Gasteiger partial charge in [0.25, 0.3) is 0 Å². The highest BCUT2D eigenvalue weighted by Gasteiger charge is 2.04. The number of carboxylic acids is 1. The van der Waals surface area contributed by atoms with Crippen LogP contribution in [0.2, 0.25) is 0 Å². The van der Waals surface area contributed by atoms with Gasteiger partial charge in [-0.3, -0.25) is 5.01 Å². The van der Waals surface area contributed by atoms with Crippen LogP contribution in [-0.2, 0) is 4.79 Å². The number of hydrogen-bond donors (Lipinski definition) is 1. The molecule has 0 amide bonds. The fraction of sp³-hybridized carbons (Fsp3) is 0.125. The van der Waals surface area contributed by atoms with Crippen LogP contribution in [0.15, 0.2) is 59.7 Å². The van der Waals surface area contributed by atoms with Crippen LogP contribution in [0.4, 0.5) is 5.69 Å². The number of hydrazone groups is 1. The molecule has 1 N–H and O–H groups in total. The van der Waals surface area contributed by atoms with Crippen LogP contribution in [0.5, 0.6) is 5.75 Å². The predicted octanol–water partition coefficient (Wildman–Crippen LogP) is 2.62. The Morgan fingerprint density at radius 1 is 1.19 bits per heavy atom. The van der Waals surface area contributed by atoms with Crippen molar-refractivity contribution in [3.05, 3.63) is 60.2 Å². The first-order valence-corrected chi connectivity index (χ1v) is 6.43. The Kier molecular flexibility index (Phi) is 4.93. The molecular weight excluding hydrogens is 268 g/mol. The summed E-state index contributed by atoms with van der Waals surface area (Å²) in [7, 11) is 1.84. The molecule has 0 fully saturated rings.